The Labute approximate surface area is 109 Å². The summed E-state index contributed by atoms with van der Waals surface area (Å²) in [6.07, 6.45) is 0. The molecule has 0 radical (unpaired) electrons. The largest absolute Gasteiger partial charge is 0.478 e. The molecular formula is C11H13ClN2O4. The Bertz CT molecular complexity index is 451. The number of nitrogens with one attached hydrogen (secondary N) is 1. The molecule has 0 aliphatic rings. The zero-order valence-electron chi connectivity index (χ0n) is 9.48. The lowest BCUT2D eigenvalue weighted by Crippen LogP contribution is -2.21. The van der Waals surface area contributed by atoms with Crippen LogP contribution in [0.25, 0.3) is 0 Å². The molecule has 0 unspecified atom stereocenters. The zero-order chi connectivity index (χ0) is 13.5. The molecular weight excluding hydrogens is 260 g/mol. The molecule has 0 saturated heterocycles. The molecule has 7 heteroatoms. The predicted molar refractivity (Wildman–Crippen MR) is 66.9 cm³/mol. The van der Waals surface area contributed by atoms with Gasteiger partial charge in [0.15, 0.2) is 0 Å². The van der Waals surface area contributed by atoms with Crippen molar-refractivity contribution < 1.29 is 19.4 Å². The van der Waals surface area contributed by atoms with Gasteiger partial charge in [-0.15, -0.1) is 0 Å². The number of hydrogen-bond acceptors (Lipinski definition) is 4. The summed E-state index contributed by atoms with van der Waals surface area (Å²) in [5.41, 5.74) is 5.59. The average molecular weight is 273 g/mol. The van der Waals surface area contributed by atoms with E-state index in [2.05, 4.69) is 5.32 Å². The van der Waals surface area contributed by atoms with Gasteiger partial charge in [-0.05, 0) is 18.2 Å². The fourth-order valence-corrected chi connectivity index (χ4v) is 1.41. The van der Waals surface area contributed by atoms with Crippen LogP contribution < -0.4 is 11.1 Å². The number of aromatic carboxylic acids is 1. The number of ether oxygens (including phenoxy) is 1. The van der Waals surface area contributed by atoms with Gasteiger partial charge in [-0.2, -0.15) is 0 Å². The van der Waals surface area contributed by atoms with Crippen LogP contribution in [0.15, 0.2) is 18.2 Å². The minimum Gasteiger partial charge on any atom is -0.478 e. The fourth-order valence-electron chi connectivity index (χ4n) is 1.18. The molecule has 0 spiro atoms. The van der Waals surface area contributed by atoms with Crippen molar-refractivity contribution in [3.8, 4) is 0 Å². The van der Waals surface area contributed by atoms with Crippen molar-refractivity contribution in [2.24, 2.45) is 5.73 Å². The van der Waals surface area contributed by atoms with Crippen LogP contribution in [-0.4, -0.2) is 36.7 Å². The van der Waals surface area contributed by atoms with Crippen LogP contribution in [0.5, 0.6) is 0 Å². The van der Waals surface area contributed by atoms with Crippen molar-refractivity contribution in [2.45, 2.75) is 0 Å². The number of benzene rings is 1. The highest BCUT2D eigenvalue weighted by molar-refractivity contribution is 6.34. The highest BCUT2D eigenvalue weighted by Gasteiger charge is 2.09. The second-order valence-electron chi connectivity index (χ2n) is 3.39. The van der Waals surface area contributed by atoms with Gasteiger partial charge in [0.1, 0.15) is 6.61 Å². The number of carboxylic acid groups (broad SMARTS) is 1. The number of amides is 1. The lowest BCUT2D eigenvalue weighted by atomic mass is 10.2. The van der Waals surface area contributed by atoms with E-state index in [1.165, 1.54) is 18.2 Å². The molecule has 1 amide bonds. The Morgan fingerprint density at radius 1 is 1.44 bits per heavy atom. The van der Waals surface area contributed by atoms with Crippen molar-refractivity contribution in [1.82, 2.24) is 0 Å². The van der Waals surface area contributed by atoms with E-state index >= 15 is 0 Å². The average Bonchev–Trinajstić information content (AvgIpc) is 2.32. The quantitative estimate of drug-likeness (QED) is 0.669. The number of carboxylic acids is 1. The molecule has 0 aliphatic carbocycles. The van der Waals surface area contributed by atoms with E-state index in [9.17, 15) is 9.59 Å². The smallest absolute Gasteiger partial charge is 0.335 e. The molecule has 18 heavy (non-hydrogen) atoms. The van der Waals surface area contributed by atoms with Gasteiger partial charge in [0.2, 0.25) is 5.91 Å². The van der Waals surface area contributed by atoms with Crippen LogP contribution in [0, 0.1) is 0 Å². The summed E-state index contributed by atoms with van der Waals surface area (Å²) in [6.45, 7) is 0.495. The lowest BCUT2D eigenvalue weighted by Gasteiger charge is -2.08. The molecule has 0 fully saturated rings. The van der Waals surface area contributed by atoms with Crippen LogP contribution >= 0.6 is 11.6 Å². The normalized spacial score (nSPS) is 10.1. The molecule has 0 saturated carbocycles. The summed E-state index contributed by atoms with van der Waals surface area (Å²) in [6, 6.07) is 4.04. The molecule has 0 aromatic heterocycles. The molecule has 4 N–H and O–H groups in total. The fraction of sp³-hybridized carbons (Fsp3) is 0.273. The third-order valence-electron chi connectivity index (χ3n) is 1.99. The lowest BCUT2D eigenvalue weighted by molar-refractivity contribution is -0.120. The maximum Gasteiger partial charge on any atom is 0.335 e. The van der Waals surface area contributed by atoms with Gasteiger partial charge in [-0.3, -0.25) is 4.79 Å². The maximum absolute atomic E-state index is 11.4. The molecule has 6 nitrogen and oxygen atoms in total. The second kappa shape index (κ2) is 6.95. The molecule has 0 aliphatic heterocycles. The van der Waals surface area contributed by atoms with E-state index in [1.54, 1.807) is 0 Å². The van der Waals surface area contributed by atoms with Gasteiger partial charge >= 0.3 is 5.97 Å². The molecule has 0 heterocycles. The summed E-state index contributed by atoms with van der Waals surface area (Å²) >= 11 is 5.84. The van der Waals surface area contributed by atoms with E-state index < -0.39 is 5.97 Å². The topological polar surface area (TPSA) is 102 Å². The Kier molecular flexibility index (Phi) is 5.57. The first-order chi connectivity index (χ1) is 8.54. The minimum absolute atomic E-state index is 0.0531. The number of carbonyl (C=O) groups is 2. The van der Waals surface area contributed by atoms with Crippen LogP contribution in [-0.2, 0) is 9.53 Å². The molecule has 98 valence electrons. The molecule has 1 rings (SSSR count). The molecule has 0 bridgehead atoms. The Morgan fingerprint density at radius 3 is 2.72 bits per heavy atom. The molecule has 1 aromatic carbocycles. The van der Waals surface area contributed by atoms with Crippen LogP contribution in [0.4, 0.5) is 5.69 Å². The van der Waals surface area contributed by atoms with Gasteiger partial charge in [0.05, 0.1) is 22.9 Å². The first-order valence-corrected chi connectivity index (χ1v) is 5.53. The monoisotopic (exact) mass is 272 g/mol. The van der Waals surface area contributed by atoms with Crippen molar-refractivity contribution in [2.75, 3.05) is 25.1 Å². The second-order valence-corrected chi connectivity index (χ2v) is 3.80. The number of hydrogen-bond donors (Lipinski definition) is 3. The SMILES string of the molecule is NCCOCC(=O)Nc1ccc(C(=O)O)cc1Cl. The summed E-state index contributed by atoms with van der Waals surface area (Å²) in [7, 11) is 0. The van der Waals surface area contributed by atoms with E-state index in [-0.39, 0.29) is 23.1 Å². The van der Waals surface area contributed by atoms with E-state index in [4.69, 9.17) is 27.2 Å². The highest BCUT2D eigenvalue weighted by atomic mass is 35.5. The standard InChI is InChI=1S/C11H13ClN2O4/c12-8-5-7(11(16)17)1-2-9(8)14-10(15)6-18-4-3-13/h1-2,5H,3-4,6,13H2,(H,14,15)(H,16,17). The molecule has 1 aromatic rings. The highest BCUT2D eigenvalue weighted by Crippen LogP contribution is 2.22. The summed E-state index contributed by atoms with van der Waals surface area (Å²) < 4.78 is 4.94. The van der Waals surface area contributed by atoms with Crippen LogP contribution in [0.3, 0.4) is 0 Å². The first-order valence-electron chi connectivity index (χ1n) is 5.15. The first kappa shape index (κ1) is 14.4. The van der Waals surface area contributed by atoms with Crippen molar-refractivity contribution in [3.63, 3.8) is 0 Å². The summed E-state index contributed by atoms with van der Waals surface area (Å²) in [5, 5.41) is 11.4. The van der Waals surface area contributed by atoms with E-state index in [1.807, 2.05) is 0 Å². The Balaban J connectivity index is 2.62. The van der Waals surface area contributed by atoms with Crippen molar-refractivity contribution in [1.29, 1.82) is 0 Å². The maximum atomic E-state index is 11.4. The van der Waals surface area contributed by atoms with Crippen LogP contribution in [0.2, 0.25) is 5.02 Å². The number of halogens is 1. The predicted octanol–water partition coefficient (Wildman–Crippen LogP) is 0.952. The van der Waals surface area contributed by atoms with Gasteiger partial charge in [0, 0.05) is 6.54 Å². The third kappa shape index (κ3) is 4.33. The number of carbonyl (C=O) groups excluding carboxylic acids is 1. The van der Waals surface area contributed by atoms with Gasteiger partial charge in [0.25, 0.3) is 0 Å². The van der Waals surface area contributed by atoms with Crippen LogP contribution in [0.1, 0.15) is 10.4 Å². The van der Waals surface area contributed by atoms with Gasteiger partial charge in [-0.25, -0.2) is 4.79 Å². The van der Waals surface area contributed by atoms with E-state index in [0.29, 0.717) is 18.8 Å². The van der Waals surface area contributed by atoms with Crippen molar-refractivity contribution >= 4 is 29.2 Å². The van der Waals surface area contributed by atoms with E-state index in [0.717, 1.165) is 0 Å². The molecule has 0 atom stereocenters. The third-order valence-corrected chi connectivity index (χ3v) is 2.30. The minimum atomic E-state index is -1.08. The van der Waals surface area contributed by atoms with Gasteiger partial charge in [-0.1, -0.05) is 11.6 Å². The summed E-state index contributed by atoms with van der Waals surface area (Å²) in [5.74, 6) is -1.46. The Hall–Kier alpha value is -1.63. The van der Waals surface area contributed by atoms with Gasteiger partial charge < -0.3 is 20.9 Å². The number of anilines is 1. The number of rotatable bonds is 6. The Morgan fingerprint density at radius 2 is 2.17 bits per heavy atom. The summed E-state index contributed by atoms with van der Waals surface area (Å²) in [4.78, 5) is 22.1. The van der Waals surface area contributed by atoms with Crippen molar-refractivity contribution in [3.05, 3.63) is 28.8 Å². The number of nitrogens with two attached hydrogens (primary N) is 1. The zero-order valence-corrected chi connectivity index (χ0v) is 10.2.